The van der Waals surface area contributed by atoms with E-state index in [4.69, 9.17) is 4.74 Å². The molecular formula is C6H14ClF2NO. The molecule has 0 aliphatic heterocycles. The zero-order chi connectivity index (χ0) is 7.82. The highest BCUT2D eigenvalue weighted by Crippen LogP contribution is 1.95. The van der Waals surface area contributed by atoms with Gasteiger partial charge in [0.2, 0.25) is 6.43 Å². The summed E-state index contributed by atoms with van der Waals surface area (Å²) in [5.41, 5.74) is 0. The first kappa shape index (κ1) is 13.6. The van der Waals surface area contributed by atoms with Crippen LogP contribution in [0, 0.1) is 0 Å². The highest BCUT2D eigenvalue weighted by Gasteiger charge is 1.99. The Labute approximate surface area is 71.7 Å². The number of halogens is 3. The molecule has 0 spiro atoms. The monoisotopic (exact) mass is 189 g/mol. The molecule has 0 rings (SSSR count). The Morgan fingerprint density at radius 1 is 1.36 bits per heavy atom. The van der Waals surface area contributed by atoms with Gasteiger partial charge in [0.05, 0.1) is 6.61 Å². The van der Waals surface area contributed by atoms with E-state index in [1.807, 2.05) is 0 Å². The fraction of sp³-hybridized carbons (Fsp3) is 1.00. The van der Waals surface area contributed by atoms with Gasteiger partial charge in [-0.05, 0) is 0 Å². The summed E-state index contributed by atoms with van der Waals surface area (Å²) in [6, 6.07) is 0. The van der Waals surface area contributed by atoms with Crippen LogP contribution in [-0.2, 0) is 4.74 Å². The predicted molar refractivity (Wildman–Crippen MR) is 42.6 cm³/mol. The van der Waals surface area contributed by atoms with Crippen LogP contribution in [0.5, 0.6) is 0 Å². The third-order valence-electron chi connectivity index (χ3n) is 1.02. The Morgan fingerprint density at radius 3 is 2.45 bits per heavy atom. The predicted octanol–water partition coefficient (Wildman–Crippen LogP) is 1.30. The quantitative estimate of drug-likeness (QED) is 0.636. The SMILES string of the molecule is COCCNCCC(F)F.Cl. The lowest BCUT2D eigenvalue weighted by Crippen LogP contribution is -2.21. The van der Waals surface area contributed by atoms with Crippen molar-refractivity contribution >= 4 is 12.4 Å². The zero-order valence-electron chi connectivity index (χ0n) is 6.48. The number of ether oxygens (including phenoxy) is 1. The maximum Gasteiger partial charge on any atom is 0.239 e. The summed E-state index contributed by atoms with van der Waals surface area (Å²) in [6.07, 6.45) is -2.28. The molecule has 70 valence electrons. The molecule has 0 aliphatic rings. The summed E-state index contributed by atoms with van der Waals surface area (Å²) in [6.45, 7) is 1.58. The van der Waals surface area contributed by atoms with Gasteiger partial charge in [-0.25, -0.2) is 8.78 Å². The minimum Gasteiger partial charge on any atom is -0.383 e. The van der Waals surface area contributed by atoms with E-state index in [0.29, 0.717) is 19.7 Å². The molecule has 0 bridgehead atoms. The maximum atomic E-state index is 11.5. The Kier molecular flexibility index (Phi) is 12.5. The lowest BCUT2D eigenvalue weighted by atomic mass is 10.4. The second-order valence-electron chi connectivity index (χ2n) is 1.92. The molecule has 0 heterocycles. The Balaban J connectivity index is 0. The number of hydrogen-bond donors (Lipinski definition) is 1. The van der Waals surface area contributed by atoms with Gasteiger partial charge < -0.3 is 10.1 Å². The Hall–Kier alpha value is 0.0700. The molecule has 5 heteroatoms. The van der Waals surface area contributed by atoms with Gasteiger partial charge >= 0.3 is 0 Å². The summed E-state index contributed by atoms with van der Waals surface area (Å²) in [5.74, 6) is 0. The summed E-state index contributed by atoms with van der Waals surface area (Å²) < 4.78 is 27.6. The normalized spacial score (nSPS) is 9.82. The van der Waals surface area contributed by atoms with Crippen LogP contribution < -0.4 is 5.32 Å². The fourth-order valence-corrected chi connectivity index (χ4v) is 0.510. The number of alkyl halides is 2. The molecule has 0 amide bonds. The van der Waals surface area contributed by atoms with Gasteiger partial charge in [-0.1, -0.05) is 0 Å². The van der Waals surface area contributed by atoms with E-state index in [0.717, 1.165) is 0 Å². The van der Waals surface area contributed by atoms with Crippen molar-refractivity contribution in [3.63, 3.8) is 0 Å². The van der Waals surface area contributed by atoms with E-state index < -0.39 is 6.43 Å². The molecule has 0 aliphatic carbocycles. The van der Waals surface area contributed by atoms with Crippen molar-refractivity contribution in [2.75, 3.05) is 26.8 Å². The van der Waals surface area contributed by atoms with Crippen molar-refractivity contribution in [1.82, 2.24) is 5.32 Å². The largest absolute Gasteiger partial charge is 0.383 e. The average molecular weight is 190 g/mol. The Morgan fingerprint density at radius 2 is 2.00 bits per heavy atom. The molecule has 0 aromatic rings. The first-order valence-electron chi connectivity index (χ1n) is 3.25. The summed E-state index contributed by atoms with van der Waals surface area (Å²) in [4.78, 5) is 0. The molecular weight excluding hydrogens is 176 g/mol. The van der Waals surface area contributed by atoms with Gasteiger partial charge in [-0.3, -0.25) is 0 Å². The van der Waals surface area contributed by atoms with Crippen LogP contribution in [0.4, 0.5) is 8.78 Å². The van der Waals surface area contributed by atoms with E-state index in [9.17, 15) is 8.78 Å². The minimum atomic E-state index is -2.20. The van der Waals surface area contributed by atoms with Crippen LogP contribution in [0.3, 0.4) is 0 Å². The van der Waals surface area contributed by atoms with Gasteiger partial charge in [-0.2, -0.15) is 0 Å². The van der Waals surface area contributed by atoms with E-state index in [1.54, 1.807) is 7.11 Å². The highest BCUT2D eigenvalue weighted by molar-refractivity contribution is 5.85. The van der Waals surface area contributed by atoms with Gasteiger partial charge in [0.1, 0.15) is 0 Å². The molecule has 0 radical (unpaired) electrons. The molecule has 2 nitrogen and oxygen atoms in total. The number of methoxy groups -OCH3 is 1. The van der Waals surface area contributed by atoms with E-state index in [2.05, 4.69) is 5.32 Å². The summed E-state index contributed by atoms with van der Waals surface area (Å²) in [5, 5.41) is 2.81. The Bertz CT molecular complexity index is 75.6. The van der Waals surface area contributed by atoms with Crippen molar-refractivity contribution < 1.29 is 13.5 Å². The van der Waals surface area contributed by atoms with Crippen LogP contribution >= 0.6 is 12.4 Å². The van der Waals surface area contributed by atoms with Crippen molar-refractivity contribution in [1.29, 1.82) is 0 Å². The van der Waals surface area contributed by atoms with Gasteiger partial charge in [0, 0.05) is 26.6 Å². The van der Waals surface area contributed by atoms with Gasteiger partial charge in [0.15, 0.2) is 0 Å². The van der Waals surface area contributed by atoms with Crippen molar-refractivity contribution in [3.05, 3.63) is 0 Å². The van der Waals surface area contributed by atoms with Gasteiger partial charge in [-0.15, -0.1) is 12.4 Å². The van der Waals surface area contributed by atoms with Crippen LogP contribution in [-0.4, -0.2) is 33.2 Å². The van der Waals surface area contributed by atoms with Crippen molar-refractivity contribution in [2.24, 2.45) is 0 Å². The molecule has 0 saturated heterocycles. The third kappa shape index (κ3) is 13.1. The number of rotatable bonds is 6. The first-order chi connectivity index (χ1) is 4.77. The second-order valence-corrected chi connectivity index (χ2v) is 1.92. The van der Waals surface area contributed by atoms with Crippen molar-refractivity contribution in [2.45, 2.75) is 12.8 Å². The molecule has 0 aromatic heterocycles. The van der Waals surface area contributed by atoms with E-state index in [-0.39, 0.29) is 18.8 Å². The van der Waals surface area contributed by atoms with Crippen LogP contribution in [0.2, 0.25) is 0 Å². The number of nitrogens with one attached hydrogen (secondary N) is 1. The molecule has 0 saturated carbocycles. The first-order valence-corrected chi connectivity index (χ1v) is 3.25. The lowest BCUT2D eigenvalue weighted by Gasteiger charge is -2.01. The fourth-order valence-electron chi connectivity index (χ4n) is 0.510. The summed E-state index contributed by atoms with van der Waals surface area (Å²) in [7, 11) is 1.58. The summed E-state index contributed by atoms with van der Waals surface area (Å²) >= 11 is 0. The molecule has 1 N–H and O–H groups in total. The van der Waals surface area contributed by atoms with Crippen LogP contribution in [0.15, 0.2) is 0 Å². The van der Waals surface area contributed by atoms with Gasteiger partial charge in [0.25, 0.3) is 0 Å². The molecule has 0 atom stereocenters. The number of hydrogen-bond acceptors (Lipinski definition) is 2. The molecule has 0 aromatic carbocycles. The van der Waals surface area contributed by atoms with E-state index in [1.165, 1.54) is 0 Å². The maximum absolute atomic E-state index is 11.5. The van der Waals surface area contributed by atoms with Crippen molar-refractivity contribution in [3.8, 4) is 0 Å². The zero-order valence-corrected chi connectivity index (χ0v) is 7.29. The topological polar surface area (TPSA) is 21.3 Å². The lowest BCUT2D eigenvalue weighted by molar-refractivity contribution is 0.135. The minimum absolute atomic E-state index is 0. The smallest absolute Gasteiger partial charge is 0.239 e. The molecule has 0 fully saturated rings. The molecule has 0 unspecified atom stereocenters. The average Bonchev–Trinajstić information content (AvgIpc) is 1.87. The highest BCUT2D eigenvalue weighted by atomic mass is 35.5. The second kappa shape index (κ2) is 10.1. The van der Waals surface area contributed by atoms with Crippen LogP contribution in [0.25, 0.3) is 0 Å². The third-order valence-corrected chi connectivity index (χ3v) is 1.02. The van der Waals surface area contributed by atoms with Crippen LogP contribution in [0.1, 0.15) is 6.42 Å². The molecule has 11 heavy (non-hydrogen) atoms. The van der Waals surface area contributed by atoms with E-state index >= 15 is 0 Å². The standard InChI is InChI=1S/C6H13F2NO.ClH/c1-10-5-4-9-3-2-6(7)8;/h6,9H,2-5H2,1H3;1H.